The lowest BCUT2D eigenvalue weighted by atomic mass is 10.2. The van der Waals surface area contributed by atoms with Crippen LogP contribution in [0.5, 0.6) is 0 Å². The fraction of sp³-hybridized carbons (Fsp3) is 0.333. The van der Waals surface area contributed by atoms with Crippen LogP contribution >= 0.6 is 0 Å². The summed E-state index contributed by atoms with van der Waals surface area (Å²) in [7, 11) is 0. The van der Waals surface area contributed by atoms with Gasteiger partial charge in [0.2, 0.25) is 0 Å². The summed E-state index contributed by atoms with van der Waals surface area (Å²) in [6.45, 7) is -1.07. The van der Waals surface area contributed by atoms with Crippen LogP contribution in [0.4, 0.5) is 19.0 Å². The lowest BCUT2D eigenvalue weighted by Crippen LogP contribution is -2.19. The molecule has 5 nitrogen and oxygen atoms in total. The number of ether oxygens (including phenoxy) is 1. The van der Waals surface area contributed by atoms with E-state index in [0.717, 1.165) is 0 Å². The van der Waals surface area contributed by atoms with Crippen molar-refractivity contribution in [2.75, 3.05) is 18.9 Å². The van der Waals surface area contributed by atoms with E-state index in [1.54, 1.807) is 29.1 Å². The van der Waals surface area contributed by atoms with Gasteiger partial charge in [-0.2, -0.15) is 13.2 Å². The second kappa shape index (κ2) is 5.91. The zero-order valence-electron chi connectivity index (χ0n) is 10.5. The number of anilines is 1. The van der Waals surface area contributed by atoms with Crippen molar-refractivity contribution in [1.29, 1.82) is 0 Å². The number of rotatable bonds is 5. The second-order valence-electron chi connectivity index (χ2n) is 4.08. The van der Waals surface area contributed by atoms with Gasteiger partial charge in [0.1, 0.15) is 12.4 Å². The maximum absolute atomic E-state index is 11.9. The molecule has 0 radical (unpaired) electrons. The Kier molecular flexibility index (Phi) is 4.23. The number of nitrogens with zero attached hydrogens (tertiary/aromatic N) is 3. The van der Waals surface area contributed by atoms with Crippen LogP contribution in [0.25, 0.3) is 11.3 Å². The van der Waals surface area contributed by atoms with Crippen molar-refractivity contribution in [3.8, 4) is 11.3 Å². The fourth-order valence-electron chi connectivity index (χ4n) is 1.71. The summed E-state index contributed by atoms with van der Waals surface area (Å²) >= 11 is 0. The minimum Gasteiger partial charge on any atom is -0.383 e. The average molecular weight is 286 g/mol. The Morgan fingerprint density at radius 1 is 1.35 bits per heavy atom. The fourth-order valence-corrected chi connectivity index (χ4v) is 1.71. The third-order valence-electron chi connectivity index (χ3n) is 2.57. The van der Waals surface area contributed by atoms with Gasteiger partial charge in [-0.3, -0.25) is 0 Å². The van der Waals surface area contributed by atoms with Crippen molar-refractivity contribution in [3.05, 3.63) is 30.9 Å². The van der Waals surface area contributed by atoms with Gasteiger partial charge in [-0.25, -0.2) is 9.97 Å². The summed E-state index contributed by atoms with van der Waals surface area (Å²) < 4.78 is 42.1. The highest BCUT2D eigenvalue weighted by atomic mass is 19.4. The number of halogens is 3. The molecule has 0 fully saturated rings. The molecule has 8 heteroatoms. The standard InChI is InChI=1S/C12H13F3N4O/c13-12(14,15)7-20-5-4-19-8-17-6-10(19)9-2-1-3-18-11(9)16/h1-3,6,8H,4-5,7H2,(H2,16,18). The van der Waals surface area contributed by atoms with Crippen molar-refractivity contribution in [3.63, 3.8) is 0 Å². The number of pyridine rings is 1. The number of nitrogen functional groups attached to an aromatic ring is 1. The Balaban J connectivity index is 2.01. The van der Waals surface area contributed by atoms with Gasteiger partial charge in [0.05, 0.1) is 24.8 Å². The van der Waals surface area contributed by atoms with Crippen LogP contribution < -0.4 is 5.73 Å². The first kappa shape index (κ1) is 14.3. The number of hydrogen-bond donors (Lipinski definition) is 1. The van der Waals surface area contributed by atoms with E-state index >= 15 is 0 Å². The van der Waals surface area contributed by atoms with Gasteiger partial charge in [0.25, 0.3) is 0 Å². The molecule has 2 aromatic rings. The molecule has 0 aliphatic rings. The van der Waals surface area contributed by atoms with Gasteiger partial charge in [-0.05, 0) is 12.1 Å². The molecule has 0 aromatic carbocycles. The molecule has 0 unspecified atom stereocenters. The molecule has 108 valence electrons. The quantitative estimate of drug-likeness (QED) is 0.855. The molecule has 2 N–H and O–H groups in total. The predicted molar refractivity (Wildman–Crippen MR) is 66.7 cm³/mol. The van der Waals surface area contributed by atoms with E-state index in [-0.39, 0.29) is 13.2 Å². The molecule has 0 saturated heterocycles. The highest BCUT2D eigenvalue weighted by Crippen LogP contribution is 2.23. The van der Waals surface area contributed by atoms with E-state index in [4.69, 9.17) is 5.73 Å². The number of hydrogen-bond acceptors (Lipinski definition) is 4. The Morgan fingerprint density at radius 3 is 2.85 bits per heavy atom. The van der Waals surface area contributed by atoms with Crippen LogP contribution in [0.2, 0.25) is 0 Å². The van der Waals surface area contributed by atoms with Gasteiger partial charge in [0, 0.05) is 18.3 Å². The first-order valence-electron chi connectivity index (χ1n) is 5.83. The van der Waals surface area contributed by atoms with Gasteiger partial charge >= 0.3 is 6.18 Å². The van der Waals surface area contributed by atoms with Crippen LogP contribution in [-0.4, -0.2) is 33.9 Å². The molecule has 0 amide bonds. The minimum atomic E-state index is -4.31. The molecule has 0 aliphatic carbocycles. The topological polar surface area (TPSA) is 66.0 Å². The van der Waals surface area contributed by atoms with E-state index in [1.807, 2.05) is 0 Å². The van der Waals surface area contributed by atoms with Crippen molar-refractivity contribution >= 4 is 5.82 Å². The molecule has 2 rings (SSSR count). The normalized spacial score (nSPS) is 11.8. The third kappa shape index (κ3) is 3.70. The van der Waals surface area contributed by atoms with Crippen molar-refractivity contribution < 1.29 is 17.9 Å². The predicted octanol–water partition coefficient (Wildman–Crippen LogP) is 2.11. The maximum Gasteiger partial charge on any atom is 0.411 e. The average Bonchev–Trinajstić information content (AvgIpc) is 2.82. The Labute approximate surface area is 113 Å². The molecule has 2 aromatic heterocycles. The first-order valence-corrected chi connectivity index (χ1v) is 5.83. The zero-order chi connectivity index (χ0) is 14.6. The van der Waals surface area contributed by atoms with Gasteiger partial charge < -0.3 is 15.0 Å². The number of aromatic nitrogens is 3. The summed E-state index contributed by atoms with van der Waals surface area (Å²) in [5.74, 6) is 0.338. The largest absolute Gasteiger partial charge is 0.411 e. The SMILES string of the molecule is Nc1ncccc1-c1cncn1CCOCC(F)(F)F. The van der Waals surface area contributed by atoms with E-state index < -0.39 is 12.8 Å². The number of nitrogens with two attached hydrogens (primary N) is 1. The van der Waals surface area contributed by atoms with Gasteiger partial charge in [-0.15, -0.1) is 0 Å². The van der Waals surface area contributed by atoms with E-state index in [0.29, 0.717) is 17.1 Å². The van der Waals surface area contributed by atoms with Crippen LogP contribution in [0.15, 0.2) is 30.9 Å². The number of alkyl halides is 3. The summed E-state index contributed by atoms with van der Waals surface area (Å²) in [5.41, 5.74) is 7.13. The minimum absolute atomic E-state index is 0.0664. The Hall–Kier alpha value is -2.09. The molecular weight excluding hydrogens is 273 g/mol. The lowest BCUT2D eigenvalue weighted by Gasteiger charge is -2.11. The highest BCUT2D eigenvalue weighted by Gasteiger charge is 2.27. The van der Waals surface area contributed by atoms with Crippen LogP contribution in [0.3, 0.4) is 0 Å². The highest BCUT2D eigenvalue weighted by molar-refractivity contribution is 5.70. The van der Waals surface area contributed by atoms with Crippen LogP contribution in [-0.2, 0) is 11.3 Å². The van der Waals surface area contributed by atoms with Gasteiger partial charge in [-0.1, -0.05) is 0 Å². The van der Waals surface area contributed by atoms with E-state index in [9.17, 15) is 13.2 Å². The monoisotopic (exact) mass is 286 g/mol. The zero-order valence-corrected chi connectivity index (χ0v) is 10.5. The lowest BCUT2D eigenvalue weighted by molar-refractivity contribution is -0.174. The second-order valence-corrected chi connectivity index (χ2v) is 4.08. The smallest absolute Gasteiger partial charge is 0.383 e. The molecular formula is C12H13F3N4O. The van der Waals surface area contributed by atoms with Crippen molar-refractivity contribution in [1.82, 2.24) is 14.5 Å². The van der Waals surface area contributed by atoms with Crippen molar-refractivity contribution in [2.45, 2.75) is 12.7 Å². The van der Waals surface area contributed by atoms with E-state index in [1.165, 1.54) is 6.33 Å². The summed E-state index contributed by atoms with van der Waals surface area (Å²) in [6.07, 6.45) is 0.341. The molecule has 0 saturated carbocycles. The summed E-state index contributed by atoms with van der Waals surface area (Å²) in [5, 5.41) is 0. The van der Waals surface area contributed by atoms with Crippen molar-refractivity contribution in [2.24, 2.45) is 0 Å². The molecule has 0 atom stereocenters. The maximum atomic E-state index is 11.9. The summed E-state index contributed by atoms with van der Waals surface area (Å²) in [4.78, 5) is 7.93. The third-order valence-corrected chi connectivity index (χ3v) is 2.57. The van der Waals surface area contributed by atoms with Gasteiger partial charge in [0.15, 0.2) is 0 Å². The summed E-state index contributed by atoms with van der Waals surface area (Å²) in [6, 6.07) is 3.50. The Morgan fingerprint density at radius 2 is 2.15 bits per heavy atom. The molecule has 0 spiro atoms. The number of imidazole rings is 1. The molecule has 0 aliphatic heterocycles. The Bertz CT molecular complexity index is 568. The van der Waals surface area contributed by atoms with Crippen LogP contribution in [0.1, 0.15) is 0 Å². The molecule has 0 bridgehead atoms. The van der Waals surface area contributed by atoms with Crippen LogP contribution in [0, 0.1) is 0 Å². The molecule has 20 heavy (non-hydrogen) atoms. The first-order chi connectivity index (χ1) is 9.47. The van der Waals surface area contributed by atoms with E-state index in [2.05, 4.69) is 14.7 Å². The molecule has 2 heterocycles.